The number of nitriles is 1. The van der Waals surface area contributed by atoms with Crippen LogP contribution in [0.4, 0.5) is 0 Å². The fraction of sp³-hybridized carbons (Fsp3) is 0.154. The van der Waals surface area contributed by atoms with E-state index in [-0.39, 0.29) is 0 Å². The normalized spacial score (nSPS) is 11.8. The summed E-state index contributed by atoms with van der Waals surface area (Å²) in [6.07, 6.45) is -0.479. The second-order valence-electron chi connectivity index (χ2n) is 7.16. The molecule has 0 aliphatic heterocycles. The second kappa shape index (κ2) is 11.3. The number of aliphatic hydroxyl groups excluding tert-OH is 1. The molecule has 3 nitrogen and oxygen atoms in total. The Bertz CT molecular complexity index is 1170. The van der Waals surface area contributed by atoms with Gasteiger partial charge in [-0.25, -0.2) is 4.98 Å². The molecule has 0 bridgehead atoms. The van der Waals surface area contributed by atoms with E-state index in [1.54, 1.807) is 23.1 Å². The number of hydrogen-bond acceptors (Lipinski definition) is 6. The first-order valence-corrected chi connectivity index (χ1v) is 13.2. The quantitative estimate of drug-likeness (QED) is 0.272. The molecule has 2 heterocycles. The van der Waals surface area contributed by atoms with E-state index in [0.29, 0.717) is 22.1 Å². The molecule has 1 N–H and O–H groups in total. The van der Waals surface area contributed by atoms with Gasteiger partial charge >= 0.3 is 0 Å². The molecular formula is C26H22N2OS3. The maximum atomic E-state index is 10.5. The van der Waals surface area contributed by atoms with E-state index < -0.39 is 6.10 Å². The standard InChI is InChI=1S/C26H22N2OS3/c27-15-23-22(20-10-5-2-6-11-20)14-24(25-12-7-13-31-25)28-26(23)32-18-21(29)17-30-16-19-8-3-1-4-9-19/h1-14,21,29H,16-18H2. The first-order valence-electron chi connectivity index (χ1n) is 10.2. The summed E-state index contributed by atoms with van der Waals surface area (Å²) in [7, 11) is 0. The van der Waals surface area contributed by atoms with Crippen molar-refractivity contribution in [3.05, 3.63) is 95.4 Å². The van der Waals surface area contributed by atoms with Gasteiger partial charge in [0, 0.05) is 22.8 Å². The molecular weight excluding hydrogens is 453 g/mol. The van der Waals surface area contributed by atoms with Crippen molar-refractivity contribution < 1.29 is 5.11 Å². The Hall–Kier alpha value is -2.56. The number of aliphatic hydroxyl groups is 1. The molecule has 0 aliphatic rings. The number of hydrogen-bond donors (Lipinski definition) is 1. The maximum absolute atomic E-state index is 10.5. The Morgan fingerprint density at radius 3 is 2.41 bits per heavy atom. The van der Waals surface area contributed by atoms with E-state index in [0.717, 1.165) is 27.5 Å². The van der Waals surface area contributed by atoms with Crippen molar-refractivity contribution in [2.75, 3.05) is 11.5 Å². The van der Waals surface area contributed by atoms with Gasteiger partial charge in [0.1, 0.15) is 11.1 Å². The maximum Gasteiger partial charge on any atom is 0.115 e. The highest BCUT2D eigenvalue weighted by atomic mass is 32.2. The van der Waals surface area contributed by atoms with Crippen molar-refractivity contribution in [1.29, 1.82) is 5.26 Å². The van der Waals surface area contributed by atoms with Crippen molar-refractivity contribution in [1.82, 2.24) is 4.98 Å². The highest BCUT2D eigenvalue weighted by Gasteiger charge is 2.17. The molecule has 2 aromatic carbocycles. The zero-order chi connectivity index (χ0) is 22.2. The molecule has 0 fully saturated rings. The van der Waals surface area contributed by atoms with Crippen LogP contribution < -0.4 is 0 Å². The predicted molar refractivity (Wildman–Crippen MR) is 137 cm³/mol. The molecule has 1 atom stereocenters. The van der Waals surface area contributed by atoms with Crippen LogP contribution in [0.2, 0.25) is 0 Å². The molecule has 4 aromatic rings. The van der Waals surface area contributed by atoms with Crippen molar-refractivity contribution in [2.45, 2.75) is 16.9 Å². The number of benzene rings is 2. The van der Waals surface area contributed by atoms with Gasteiger partial charge in [-0.1, -0.05) is 66.7 Å². The molecule has 0 radical (unpaired) electrons. The van der Waals surface area contributed by atoms with Crippen LogP contribution in [0.5, 0.6) is 0 Å². The van der Waals surface area contributed by atoms with Gasteiger partial charge in [-0.2, -0.15) is 17.0 Å². The molecule has 0 spiro atoms. The number of aromatic nitrogens is 1. The summed E-state index contributed by atoms with van der Waals surface area (Å²) in [6.45, 7) is 0. The Morgan fingerprint density at radius 2 is 1.72 bits per heavy atom. The topological polar surface area (TPSA) is 56.9 Å². The Balaban J connectivity index is 1.52. The lowest BCUT2D eigenvalue weighted by molar-refractivity contribution is 0.225. The molecule has 0 saturated carbocycles. The van der Waals surface area contributed by atoms with Crippen LogP contribution in [0.15, 0.2) is 89.3 Å². The van der Waals surface area contributed by atoms with Crippen LogP contribution in [-0.4, -0.2) is 27.7 Å². The highest BCUT2D eigenvalue weighted by molar-refractivity contribution is 7.99. The molecule has 0 saturated heterocycles. The summed E-state index contributed by atoms with van der Waals surface area (Å²) in [4.78, 5) is 5.87. The van der Waals surface area contributed by atoms with Crippen LogP contribution in [0, 0.1) is 11.3 Å². The lowest BCUT2D eigenvalue weighted by Crippen LogP contribution is -2.13. The molecule has 2 aromatic heterocycles. The third-order valence-electron chi connectivity index (χ3n) is 4.79. The van der Waals surface area contributed by atoms with Gasteiger partial charge in [-0.15, -0.1) is 23.1 Å². The Kier molecular flexibility index (Phi) is 8.02. The summed E-state index contributed by atoms with van der Waals surface area (Å²) in [5, 5.41) is 23.2. The van der Waals surface area contributed by atoms with Crippen LogP contribution in [0.1, 0.15) is 11.1 Å². The van der Waals surface area contributed by atoms with Crippen LogP contribution in [0.3, 0.4) is 0 Å². The van der Waals surface area contributed by atoms with E-state index in [1.165, 1.54) is 17.3 Å². The number of pyridine rings is 1. The number of thiophene rings is 1. The number of rotatable bonds is 9. The van der Waals surface area contributed by atoms with Gasteiger partial charge < -0.3 is 5.11 Å². The largest absolute Gasteiger partial charge is 0.391 e. The minimum atomic E-state index is -0.479. The van der Waals surface area contributed by atoms with E-state index in [4.69, 9.17) is 4.98 Å². The van der Waals surface area contributed by atoms with Crippen molar-refractivity contribution in [2.24, 2.45) is 0 Å². The van der Waals surface area contributed by atoms with E-state index in [9.17, 15) is 10.4 Å². The first-order chi connectivity index (χ1) is 15.7. The summed E-state index contributed by atoms with van der Waals surface area (Å²) in [5.74, 6) is 2.00. The number of thioether (sulfide) groups is 2. The molecule has 160 valence electrons. The van der Waals surface area contributed by atoms with Gasteiger partial charge in [0.15, 0.2) is 0 Å². The summed E-state index contributed by atoms with van der Waals surface area (Å²) in [5.41, 5.74) is 4.54. The smallest absolute Gasteiger partial charge is 0.115 e. The van der Waals surface area contributed by atoms with Gasteiger partial charge in [0.25, 0.3) is 0 Å². The predicted octanol–water partition coefficient (Wildman–Crippen LogP) is 6.74. The SMILES string of the molecule is N#Cc1c(-c2ccccc2)cc(-c2cccs2)nc1SCC(O)CSCc1ccccc1. The summed E-state index contributed by atoms with van der Waals surface area (Å²) < 4.78 is 0. The van der Waals surface area contributed by atoms with Crippen LogP contribution >= 0.6 is 34.9 Å². The Morgan fingerprint density at radius 1 is 0.969 bits per heavy atom. The third kappa shape index (κ3) is 5.81. The fourth-order valence-corrected chi connectivity index (χ4v) is 5.94. The minimum Gasteiger partial charge on any atom is -0.391 e. The van der Waals surface area contributed by atoms with Crippen LogP contribution in [0.25, 0.3) is 21.7 Å². The highest BCUT2D eigenvalue weighted by Crippen LogP contribution is 2.35. The monoisotopic (exact) mass is 474 g/mol. The first kappa shape index (κ1) is 22.6. The van der Waals surface area contributed by atoms with Crippen molar-refractivity contribution in [3.63, 3.8) is 0 Å². The summed E-state index contributed by atoms with van der Waals surface area (Å²) >= 11 is 4.80. The zero-order valence-corrected chi connectivity index (χ0v) is 19.8. The lowest BCUT2D eigenvalue weighted by Gasteiger charge is -2.14. The molecule has 4 rings (SSSR count). The molecule has 0 amide bonds. The average Bonchev–Trinajstić information content (AvgIpc) is 3.38. The molecule has 6 heteroatoms. The van der Waals surface area contributed by atoms with Crippen molar-refractivity contribution in [3.8, 4) is 27.8 Å². The lowest BCUT2D eigenvalue weighted by atomic mass is 10.0. The third-order valence-corrected chi connectivity index (χ3v) is 7.96. The van der Waals surface area contributed by atoms with Gasteiger partial charge in [0.05, 0.1) is 22.2 Å². The molecule has 32 heavy (non-hydrogen) atoms. The fourth-order valence-electron chi connectivity index (χ4n) is 3.24. The second-order valence-corrected chi connectivity index (χ2v) is 10.1. The zero-order valence-electron chi connectivity index (χ0n) is 17.3. The molecule has 1 unspecified atom stereocenters. The minimum absolute atomic E-state index is 0.479. The summed E-state index contributed by atoms with van der Waals surface area (Å²) in [6, 6.07) is 28.6. The van der Waals surface area contributed by atoms with Crippen LogP contribution in [-0.2, 0) is 5.75 Å². The van der Waals surface area contributed by atoms with E-state index >= 15 is 0 Å². The van der Waals surface area contributed by atoms with Gasteiger partial charge in [-0.05, 0) is 28.6 Å². The van der Waals surface area contributed by atoms with Gasteiger partial charge in [0.2, 0.25) is 0 Å². The van der Waals surface area contributed by atoms with E-state index in [1.807, 2.05) is 72.1 Å². The average molecular weight is 475 g/mol. The van der Waals surface area contributed by atoms with Gasteiger partial charge in [-0.3, -0.25) is 0 Å². The molecule has 0 aliphatic carbocycles. The van der Waals surface area contributed by atoms with Crippen molar-refractivity contribution >= 4 is 34.9 Å². The Labute approximate surface area is 201 Å². The number of nitrogens with zero attached hydrogens (tertiary/aromatic N) is 2. The van der Waals surface area contributed by atoms with E-state index in [2.05, 4.69) is 18.2 Å².